The van der Waals surface area contributed by atoms with Gasteiger partial charge in [0.1, 0.15) is 0 Å². The van der Waals surface area contributed by atoms with Crippen molar-refractivity contribution in [2.75, 3.05) is 19.6 Å². The van der Waals surface area contributed by atoms with Crippen LogP contribution in [0.25, 0.3) is 0 Å². The minimum Gasteiger partial charge on any atom is -0.303 e. The SMILES string of the molecule is CCCCCCN1CCCCC1. The number of unbranched alkanes of at least 4 members (excludes halogenated alkanes) is 3. The van der Waals surface area contributed by atoms with E-state index in [1.54, 1.807) is 0 Å². The fraction of sp³-hybridized carbons (Fsp3) is 1.00. The Morgan fingerprint density at radius 2 is 1.67 bits per heavy atom. The predicted octanol–water partition coefficient (Wildman–Crippen LogP) is 3.05. The van der Waals surface area contributed by atoms with Crippen molar-refractivity contribution >= 4 is 0 Å². The zero-order valence-electron chi connectivity index (χ0n) is 8.52. The van der Waals surface area contributed by atoms with Crippen LogP contribution < -0.4 is 0 Å². The molecule has 1 rings (SSSR count). The molecule has 1 saturated heterocycles. The molecule has 1 heterocycles. The largest absolute Gasteiger partial charge is 0.303 e. The maximum absolute atomic E-state index is 2.64. The molecule has 0 atom stereocenters. The lowest BCUT2D eigenvalue weighted by Gasteiger charge is -2.26. The van der Waals surface area contributed by atoms with Gasteiger partial charge in [0.25, 0.3) is 0 Å². The minimum absolute atomic E-state index is 1.36. The molecule has 1 aliphatic rings. The van der Waals surface area contributed by atoms with E-state index in [0.717, 1.165) is 0 Å². The van der Waals surface area contributed by atoms with Gasteiger partial charge < -0.3 is 4.90 Å². The normalized spacial score (nSPS) is 19.8. The molecule has 1 heteroatoms. The zero-order chi connectivity index (χ0) is 8.65. The van der Waals surface area contributed by atoms with E-state index in [0.29, 0.717) is 0 Å². The van der Waals surface area contributed by atoms with Crippen LogP contribution in [0.3, 0.4) is 0 Å². The van der Waals surface area contributed by atoms with Gasteiger partial charge in [0.2, 0.25) is 0 Å². The molecule has 0 radical (unpaired) electrons. The lowest BCUT2D eigenvalue weighted by atomic mass is 10.1. The molecule has 1 fully saturated rings. The van der Waals surface area contributed by atoms with Crippen LogP contribution in [0.2, 0.25) is 0 Å². The van der Waals surface area contributed by atoms with Crippen LogP contribution in [-0.2, 0) is 0 Å². The number of hydrogen-bond acceptors (Lipinski definition) is 1. The molecule has 0 saturated carbocycles. The van der Waals surface area contributed by atoms with Crippen molar-refractivity contribution in [3.05, 3.63) is 0 Å². The Hall–Kier alpha value is -0.0400. The maximum Gasteiger partial charge on any atom is -0.00187 e. The van der Waals surface area contributed by atoms with E-state index in [4.69, 9.17) is 0 Å². The van der Waals surface area contributed by atoms with Crippen LogP contribution in [0.1, 0.15) is 51.9 Å². The van der Waals surface area contributed by atoms with Gasteiger partial charge in [0.05, 0.1) is 0 Å². The van der Waals surface area contributed by atoms with Crippen LogP contribution in [0.15, 0.2) is 0 Å². The molecule has 0 aromatic heterocycles. The van der Waals surface area contributed by atoms with Crippen molar-refractivity contribution in [3.63, 3.8) is 0 Å². The smallest absolute Gasteiger partial charge is 0.00187 e. The van der Waals surface area contributed by atoms with E-state index >= 15 is 0 Å². The number of likely N-dealkylation sites (tertiary alicyclic amines) is 1. The quantitative estimate of drug-likeness (QED) is 0.572. The van der Waals surface area contributed by atoms with Crippen molar-refractivity contribution in [3.8, 4) is 0 Å². The van der Waals surface area contributed by atoms with E-state index in [-0.39, 0.29) is 0 Å². The first-order chi connectivity index (χ1) is 5.93. The molecule has 72 valence electrons. The highest BCUT2D eigenvalue weighted by Crippen LogP contribution is 2.10. The van der Waals surface area contributed by atoms with Crippen molar-refractivity contribution in [2.24, 2.45) is 0 Å². The first kappa shape index (κ1) is 10.0. The highest BCUT2D eigenvalue weighted by Gasteiger charge is 2.08. The minimum atomic E-state index is 1.36. The summed E-state index contributed by atoms with van der Waals surface area (Å²) in [6.45, 7) is 6.37. The Labute approximate surface area is 77.1 Å². The summed E-state index contributed by atoms with van der Waals surface area (Å²) in [5, 5.41) is 0. The molecule has 1 aliphatic heterocycles. The highest BCUT2D eigenvalue weighted by atomic mass is 15.1. The Kier molecular flexibility index (Phi) is 5.42. The molecule has 0 aromatic rings. The second-order valence-electron chi connectivity index (χ2n) is 3.96. The third kappa shape index (κ3) is 4.10. The molecule has 12 heavy (non-hydrogen) atoms. The number of piperidine rings is 1. The summed E-state index contributed by atoms with van der Waals surface area (Å²) in [4.78, 5) is 2.64. The van der Waals surface area contributed by atoms with Crippen LogP contribution in [0, 0.1) is 0 Å². The third-order valence-corrected chi connectivity index (χ3v) is 2.78. The summed E-state index contributed by atoms with van der Waals surface area (Å²) >= 11 is 0. The van der Waals surface area contributed by atoms with Gasteiger partial charge in [-0.15, -0.1) is 0 Å². The summed E-state index contributed by atoms with van der Waals surface area (Å²) in [7, 11) is 0. The Morgan fingerprint density at radius 1 is 0.917 bits per heavy atom. The van der Waals surface area contributed by atoms with E-state index in [2.05, 4.69) is 11.8 Å². The van der Waals surface area contributed by atoms with Gasteiger partial charge >= 0.3 is 0 Å². The summed E-state index contributed by atoms with van der Waals surface area (Å²) < 4.78 is 0. The Bertz CT molecular complexity index is 95.2. The average Bonchev–Trinajstić information content (AvgIpc) is 2.14. The predicted molar refractivity (Wildman–Crippen MR) is 54.4 cm³/mol. The number of hydrogen-bond donors (Lipinski definition) is 0. The molecular weight excluding hydrogens is 146 g/mol. The fourth-order valence-corrected chi connectivity index (χ4v) is 1.95. The van der Waals surface area contributed by atoms with Gasteiger partial charge in [-0.2, -0.15) is 0 Å². The first-order valence-electron chi connectivity index (χ1n) is 5.66. The van der Waals surface area contributed by atoms with Gasteiger partial charge in [-0.25, -0.2) is 0 Å². The maximum atomic E-state index is 2.64. The second-order valence-corrected chi connectivity index (χ2v) is 3.96. The van der Waals surface area contributed by atoms with E-state index in [9.17, 15) is 0 Å². The highest BCUT2D eigenvalue weighted by molar-refractivity contribution is 4.63. The standard InChI is InChI=1S/C11H23N/c1-2-3-4-6-9-12-10-7-5-8-11-12/h2-11H2,1H3. The number of rotatable bonds is 5. The van der Waals surface area contributed by atoms with Crippen LogP contribution >= 0.6 is 0 Å². The summed E-state index contributed by atoms with van der Waals surface area (Å²) in [5.74, 6) is 0. The molecular formula is C11H23N. The Morgan fingerprint density at radius 3 is 2.33 bits per heavy atom. The third-order valence-electron chi connectivity index (χ3n) is 2.78. The lowest BCUT2D eigenvalue weighted by Crippen LogP contribution is -2.30. The monoisotopic (exact) mass is 169 g/mol. The molecule has 0 bridgehead atoms. The fourth-order valence-electron chi connectivity index (χ4n) is 1.95. The van der Waals surface area contributed by atoms with E-state index in [1.165, 1.54) is 64.6 Å². The van der Waals surface area contributed by atoms with Crippen LogP contribution in [-0.4, -0.2) is 24.5 Å². The second kappa shape index (κ2) is 6.47. The van der Waals surface area contributed by atoms with E-state index < -0.39 is 0 Å². The van der Waals surface area contributed by atoms with Crippen LogP contribution in [0.5, 0.6) is 0 Å². The van der Waals surface area contributed by atoms with Gasteiger partial charge in [-0.05, 0) is 38.9 Å². The molecule has 1 nitrogen and oxygen atoms in total. The van der Waals surface area contributed by atoms with Gasteiger partial charge in [-0.1, -0.05) is 32.6 Å². The summed E-state index contributed by atoms with van der Waals surface area (Å²) in [6, 6.07) is 0. The van der Waals surface area contributed by atoms with E-state index in [1.807, 2.05) is 0 Å². The summed E-state index contributed by atoms with van der Waals surface area (Å²) in [6.07, 6.45) is 9.99. The topological polar surface area (TPSA) is 3.24 Å². The van der Waals surface area contributed by atoms with Crippen molar-refractivity contribution in [1.29, 1.82) is 0 Å². The molecule has 0 aliphatic carbocycles. The lowest BCUT2D eigenvalue weighted by molar-refractivity contribution is 0.224. The zero-order valence-corrected chi connectivity index (χ0v) is 8.52. The van der Waals surface area contributed by atoms with Crippen molar-refractivity contribution < 1.29 is 0 Å². The number of nitrogens with zero attached hydrogens (tertiary/aromatic N) is 1. The van der Waals surface area contributed by atoms with Crippen molar-refractivity contribution in [1.82, 2.24) is 4.90 Å². The average molecular weight is 169 g/mol. The Balaban J connectivity index is 1.91. The molecule has 0 unspecified atom stereocenters. The van der Waals surface area contributed by atoms with Crippen LogP contribution in [0.4, 0.5) is 0 Å². The molecule has 0 amide bonds. The summed E-state index contributed by atoms with van der Waals surface area (Å²) in [5.41, 5.74) is 0. The molecule has 0 aromatic carbocycles. The molecule has 0 N–H and O–H groups in total. The van der Waals surface area contributed by atoms with Gasteiger partial charge in [0, 0.05) is 0 Å². The van der Waals surface area contributed by atoms with Gasteiger partial charge in [0.15, 0.2) is 0 Å². The van der Waals surface area contributed by atoms with Gasteiger partial charge in [-0.3, -0.25) is 0 Å². The van der Waals surface area contributed by atoms with Crippen molar-refractivity contribution in [2.45, 2.75) is 51.9 Å². The first-order valence-corrected chi connectivity index (χ1v) is 5.66. The molecule has 0 spiro atoms.